The van der Waals surface area contributed by atoms with Crippen molar-refractivity contribution in [2.45, 2.75) is 26.3 Å². The van der Waals surface area contributed by atoms with Gasteiger partial charge >= 0.3 is 0 Å². The fourth-order valence-electron chi connectivity index (χ4n) is 3.75. The number of aliphatic hydroxyl groups excluding tert-OH is 1. The summed E-state index contributed by atoms with van der Waals surface area (Å²) in [7, 11) is 1.48. The Bertz CT molecular complexity index is 1090. The second-order valence-corrected chi connectivity index (χ2v) is 7.14. The Labute approximate surface area is 185 Å². The summed E-state index contributed by atoms with van der Waals surface area (Å²) in [6, 6.07) is 9.46. The number of methoxy groups -OCH3 is 1. The van der Waals surface area contributed by atoms with Crippen molar-refractivity contribution < 1.29 is 29.1 Å². The van der Waals surface area contributed by atoms with Crippen LogP contribution < -0.4 is 9.47 Å². The van der Waals surface area contributed by atoms with Gasteiger partial charge in [0.1, 0.15) is 5.76 Å². The lowest BCUT2D eigenvalue weighted by Gasteiger charge is -2.25. The predicted molar refractivity (Wildman–Crippen MR) is 117 cm³/mol. The maximum atomic E-state index is 12.9. The van der Waals surface area contributed by atoms with Crippen LogP contribution in [0.25, 0.3) is 5.76 Å². The Morgan fingerprint density at radius 1 is 1.16 bits per heavy atom. The van der Waals surface area contributed by atoms with Gasteiger partial charge in [-0.25, -0.2) is 0 Å². The smallest absolute Gasteiger partial charge is 0.295 e. The van der Waals surface area contributed by atoms with Crippen molar-refractivity contribution in [3.8, 4) is 11.5 Å². The number of ketones is 1. The Balaban J connectivity index is 2.20. The van der Waals surface area contributed by atoms with Crippen LogP contribution in [0.15, 0.2) is 48.0 Å². The molecule has 32 heavy (non-hydrogen) atoms. The van der Waals surface area contributed by atoms with Gasteiger partial charge in [0, 0.05) is 24.2 Å². The molecule has 0 radical (unpaired) electrons. The molecule has 3 rings (SSSR count). The molecular formula is C23H24N2O7. The molecule has 0 aromatic heterocycles. The van der Waals surface area contributed by atoms with Gasteiger partial charge in [-0.1, -0.05) is 25.1 Å². The van der Waals surface area contributed by atoms with Crippen LogP contribution >= 0.6 is 0 Å². The SMILES string of the molecule is CCCN1C(=O)C(=O)/C(=C(/O)c2cccc([N+](=O)[O-])c2)C1c1ccc(OCC)c(OC)c1. The number of likely N-dealkylation sites (tertiary alicyclic amines) is 1. The van der Waals surface area contributed by atoms with Gasteiger partial charge in [-0.15, -0.1) is 0 Å². The molecule has 9 nitrogen and oxygen atoms in total. The number of Topliss-reactive ketones (excluding diaryl/α,β-unsaturated/α-hetero) is 1. The summed E-state index contributed by atoms with van der Waals surface area (Å²) >= 11 is 0. The Hall–Kier alpha value is -3.88. The largest absolute Gasteiger partial charge is 0.507 e. The summed E-state index contributed by atoms with van der Waals surface area (Å²) < 4.78 is 10.9. The van der Waals surface area contributed by atoms with E-state index >= 15 is 0 Å². The monoisotopic (exact) mass is 440 g/mol. The quantitative estimate of drug-likeness (QED) is 0.218. The summed E-state index contributed by atoms with van der Waals surface area (Å²) in [6.07, 6.45) is 0.592. The van der Waals surface area contributed by atoms with Gasteiger partial charge < -0.3 is 19.5 Å². The molecule has 1 heterocycles. The summed E-state index contributed by atoms with van der Waals surface area (Å²) in [5, 5.41) is 22.1. The minimum Gasteiger partial charge on any atom is -0.507 e. The van der Waals surface area contributed by atoms with E-state index in [4.69, 9.17) is 9.47 Å². The molecular weight excluding hydrogens is 416 g/mol. The Kier molecular flexibility index (Phi) is 6.77. The van der Waals surface area contributed by atoms with Crippen molar-refractivity contribution in [3.63, 3.8) is 0 Å². The van der Waals surface area contributed by atoms with E-state index < -0.39 is 28.4 Å². The number of carbonyl (C=O) groups is 2. The maximum Gasteiger partial charge on any atom is 0.295 e. The molecule has 9 heteroatoms. The molecule has 0 spiro atoms. The number of nitrogens with zero attached hydrogens (tertiary/aromatic N) is 2. The molecule has 1 unspecified atom stereocenters. The fraction of sp³-hybridized carbons (Fsp3) is 0.304. The summed E-state index contributed by atoms with van der Waals surface area (Å²) in [4.78, 5) is 37.7. The highest BCUT2D eigenvalue weighted by Crippen LogP contribution is 2.42. The first-order valence-corrected chi connectivity index (χ1v) is 10.2. The molecule has 0 aliphatic carbocycles. The maximum absolute atomic E-state index is 12.9. The van der Waals surface area contributed by atoms with Gasteiger partial charge in [0.25, 0.3) is 17.4 Å². The van der Waals surface area contributed by atoms with E-state index in [1.54, 1.807) is 18.2 Å². The van der Waals surface area contributed by atoms with Gasteiger partial charge in [-0.05, 0) is 31.0 Å². The topological polar surface area (TPSA) is 119 Å². The number of nitro groups is 1. The molecule has 1 saturated heterocycles. The van der Waals surface area contributed by atoms with Gasteiger partial charge in [0.05, 0.1) is 30.3 Å². The number of aliphatic hydroxyl groups is 1. The van der Waals surface area contributed by atoms with E-state index in [9.17, 15) is 24.8 Å². The first-order valence-electron chi connectivity index (χ1n) is 10.2. The number of ether oxygens (including phenoxy) is 2. The lowest BCUT2D eigenvalue weighted by Crippen LogP contribution is -2.30. The highest BCUT2D eigenvalue weighted by Gasteiger charge is 2.46. The van der Waals surface area contributed by atoms with E-state index in [2.05, 4.69) is 0 Å². The second kappa shape index (κ2) is 9.51. The van der Waals surface area contributed by atoms with Gasteiger partial charge in [0.15, 0.2) is 11.5 Å². The van der Waals surface area contributed by atoms with E-state index in [1.807, 2.05) is 13.8 Å². The number of rotatable bonds is 8. The standard InChI is InChI=1S/C23H24N2O7/c1-4-11-24-20(14-9-10-17(32-5-2)18(13-14)31-3)19(22(27)23(24)28)21(26)15-7-6-8-16(12-15)25(29)30/h6-10,12-13,20,26H,4-5,11H2,1-3H3/b21-19+. The molecule has 1 fully saturated rings. The van der Waals surface area contributed by atoms with Crippen molar-refractivity contribution in [3.05, 3.63) is 69.3 Å². The van der Waals surface area contributed by atoms with Gasteiger partial charge in [-0.3, -0.25) is 19.7 Å². The lowest BCUT2D eigenvalue weighted by molar-refractivity contribution is -0.384. The highest BCUT2D eigenvalue weighted by atomic mass is 16.6. The average molecular weight is 440 g/mol. The third-order valence-electron chi connectivity index (χ3n) is 5.14. The molecule has 1 amide bonds. The van der Waals surface area contributed by atoms with Gasteiger partial charge in [0.2, 0.25) is 0 Å². The first-order chi connectivity index (χ1) is 15.3. The number of nitro benzene ring substituents is 1. The van der Waals surface area contributed by atoms with Crippen molar-refractivity contribution in [1.29, 1.82) is 0 Å². The number of non-ortho nitro benzene ring substituents is 1. The zero-order valence-corrected chi connectivity index (χ0v) is 18.0. The second-order valence-electron chi connectivity index (χ2n) is 7.14. The van der Waals surface area contributed by atoms with Crippen LogP contribution in [-0.4, -0.2) is 46.9 Å². The minimum atomic E-state index is -0.876. The molecule has 1 aliphatic heterocycles. The number of carbonyl (C=O) groups excluding carboxylic acids is 2. The molecule has 1 aliphatic rings. The van der Waals surface area contributed by atoms with Gasteiger partial charge in [-0.2, -0.15) is 0 Å². The molecule has 2 aromatic carbocycles. The normalized spacial score (nSPS) is 17.5. The van der Waals surface area contributed by atoms with Crippen LogP contribution in [0.4, 0.5) is 5.69 Å². The van der Waals surface area contributed by atoms with E-state index in [0.717, 1.165) is 0 Å². The van der Waals surface area contributed by atoms with Crippen LogP contribution in [0.3, 0.4) is 0 Å². The predicted octanol–water partition coefficient (Wildman–Crippen LogP) is 3.83. The van der Waals surface area contributed by atoms with E-state index in [-0.39, 0.29) is 23.4 Å². The third-order valence-corrected chi connectivity index (χ3v) is 5.14. The average Bonchev–Trinajstić information content (AvgIpc) is 3.04. The summed E-state index contributed by atoms with van der Waals surface area (Å²) in [5.74, 6) is -1.13. The van der Waals surface area contributed by atoms with Crippen LogP contribution in [0.5, 0.6) is 11.5 Å². The Morgan fingerprint density at radius 3 is 2.53 bits per heavy atom. The van der Waals surface area contributed by atoms with E-state index in [0.29, 0.717) is 30.1 Å². The van der Waals surface area contributed by atoms with Crippen molar-refractivity contribution in [2.24, 2.45) is 0 Å². The summed E-state index contributed by atoms with van der Waals surface area (Å²) in [5.41, 5.74) is 0.257. The first kappa shape index (κ1) is 22.8. The number of benzene rings is 2. The van der Waals surface area contributed by atoms with Crippen molar-refractivity contribution in [2.75, 3.05) is 20.3 Å². The van der Waals surface area contributed by atoms with Crippen LogP contribution in [0.2, 0.25) is 0 Å². The molecule has 1 atom stereocenters. The Morgan fingerprint density at radius 2 is 1.91 bits per heavy atom. The zero-order chi connectivity index (χ0) is 23.4. The van der Waals surface area contributed by atoms with Crippen LogP contribution in [-0.2, 0) is 9.59 Å². The summed E-state index contributed by atoms with van der Waals surface area (Å²) in [6.45, 7) is 4.42. The van der Waals surface area contributed by atoms with E-state index in [1.165, 1.54) is 36.3 Å². The zero-order valence-electron chi connectivity index (χ0n) is 18.0. The molecule has 1 N–H and O–H groups in total. The number of hydrogen-bond acceptors (Lipinski definition) is 7. The molecule has 168 valence electrons. The van der Waals surface area contributed by atoms with Crippen molar-refractivity contribution in [1.82, 2.24) is 4.90 Å². The number of amides is 1. The molecule has 2 aromatic rings. The highest BCUT2D eigenvalue weighted by molar-refractivity contribution is 6.46. The van der Waals surface area contributed by atoms with Crippen LogP contribution in [0, 0.1) is 10.1 Å². The number of hydrogen-bond donors (Lipinski definition) is 1. The molecule has 0 bridgehead atoms. The lowest BCUT2D eigenvalue weighted by atomic mass is 9.94. The third kappa shape index (κ3) is 4.14. The molecule has 0 saturated carbocycles. The van der Waals surface area contributed by atoms with Crippen molar-refractivity contribution >= 4 is 23.1 Å². The van der Waals surface area contributed by atoms with Crippen LogP contribution in [0.1, 0.15) is 37.4 Å². The minimum absolute atomic E-state index is 0.0802. The fourth-order valence-corrected chi connectivity index (χ4v) is 3.75.